The van der Waals surface area contributed by atoms with E-state index in [0.717, 1.165) is 15.0 Å². The van der Waals surface area contributed by atoms with E-state index < -0.39 is 33.8 Å². The molecule has 43 heavy (non-hydrogen) atoms. The van der Waals surface area contributed by atoms with Gasteiger partial charge in [-0.1, -0.05) is 41.9 Å². The van der Waals surface area contributed by atoms with Crippen LogP contribution in [0.3, 0.4) is 0 Å². The number of hydrogen-bond donors (Lipinski definition) is 1. The molecule has 1 aliphatic rings. The summed E-state index contributed by atoms with van der Waals surface area (Å²) in [7, 11) is -2.24. The molecule has 1 fully saturated rings. The minimum atomic E-state index is -3.64. The van der Waals surface area contributed by atoms with E-state index in [0.29, 0.717) is 34.6 Å². The van der Waals surface area contributed by atoms with E-state index >= 15 is 0 Å². The van der Waals surface area contributed by atoms with E-state index in [1.165, 1.54) is 19.2 Å². The number of amides is 1. The van der Waals surface area contributed by atoms with Crippen molar-refractivity contribution < 1.29 is 27.1 Å². The maximum absolute atomic E-state index is 13.8. The summed E-state index contributed by atoms with van der Waals surface area (Å²) in [6.07, 6.45) is 4.56. The molecule has 2 heterocycles. The normalized spacial score (nSPS) is 18.6. The minimum Gasteiger partial charge on any atom is -0.347 e. The highest BCUT2D eigenvalue weighted by Gasteiger charge is 2.35. The summed E-state index contributed by atoms with van der Waals surface area (Å²) in [6, 6.07) is 13.2. The average Bonchev–Trinajstić information content (AvgIpc) is 2.91. The van der Waals surface area contributed by atoms with Gasteiger partial charge in [-0.2, -0.15) is 0 Å². The number of benzene rings is 2. The molecule has 0 unspecified atom stereocenters. The van der Waals surface area contributed by atoms with Gasteiger partial charge in [0.15, 0.2) is 5.79 Å². The maximum Gasteiger partial charge on any atom is 0.239 e. The molecule has 12 heteroatoms. The van der Waals surface area contributed by atoms with Crippen molar-refractivity contribution in [2.75, 3.05) is 22.9 Å². The van der Waals surface area contributed by atoms with Crippen LogP contribution >= 0.6 is 15.9 Å². The Labute approximate surface area is 260 Å². The first-order chi connectivity index (χ1) is 20.1. The highest BCUT2D eigenvalue weighted by atomic mass is 79.9. The molecule has 1 N–H and O–H groups in total. The lowest BCUT2D eigenvalue weighted by Crippen LogP contribution is -2.45. The molecule has 2 aromatic carbocycles. The van der Waals surface area contributed by atoms with Crippen LogP contribution in [0.1, 0.15) is 57.7 Å². The van der Waals surface area contributed by atoms with Crippen LogP contribution in [0, 0.1) is 5.82 Å². The summed E-state index contributed by atoms with van der Waals surface area (Å²) in [5.74, 6) is -1.61. The fourth-order valence-corrected chi connectivity index (χ4v) is 5.39. The molecule has 1 saturated heterocycles. The fourth-order valence-electron chi connectivity index (χ4n) is 4.74. The second-order valence-corrected chi connectivity index (χ2v) is 14.1. The van der Waals surface area contributed by atoms with Crippen molar-refractivity contribution >= 4 is 49.6 Å². The molecular weight excluding hydrogens is 639 g/mol. The lowest BCUT2D eigenvalue weighted by Gasteiger charge is -2.39. The number of carbonyl (C=O) groups is 1. The molecule has 0 aliphatic carbocycles. The third-order valence-electron chi connectivity index (χ3n) is 6.81. The molecule has 1 amide bonds. The summed E-state index contributed by atoms with van der Waals surface area (Å²) in [5, 5.41) is 2.90. The molecule has 2 atom stereocenters. The number of ether oxygens (including phenoxy) is 2. The SMILES string of the molecule is CC(C)c1nc(N(C)S(C)(=O)=O)nc(-c2ccc(F)cc2)c1/C=C/[C@@H]1C[C@H](CC(=O)Nc2ccc(Br)cc2)OC(C)(C)O1. The van der Waals surface area contributed by atoms with Gasteiger partial charge in [-0.3, -0.25) is 4.79 Å². The van der Waals surface area contributed by atoms with Crippen LogP contribution in [0.25, 0.3) is 17.3 Å². The van der Waals surface area contributed by atoms with E-state index in [9.17, 15) is 17.6 Å². The Morgan fingerprint density at radius 1 is 1.14 bits per heavy atom. The van der Waals surface area contributed by atoms with Crippen molar-refractivity contribution in [3.05, 3.63) is 76.2 Å². The highest BCUT2D eigenvalue weighted by Crippen LogP contribution is 2.34. The van der Waals surface area contributed by atoms with E-state index in [2.05, 4.69) is 31.2 Å². The van der Waals surface area contributed by atoms with E-state index in [1.54, 1.807) is 26.0 Å². The quantitative estimate of drug-likeness (QED) is 0.275. The Bertz CT molecular complexity index is 1600. The predicted molar refractivity (Wildman–Crippen MR) is 170 cm³/mol. The number of nitrogens with one attached hydrogen (secondary N) is 1. The lowest BCUT2D eigenvalue weighted by molar-refractivity contribution is -0.289. The van der Waals surface area contributed by atoms with Crippen LogP contribution in [0.5, 0.6) is 0 Å². The molecule has 0 radical (unpaired) electrons. The third kappa shape index (κ3) is 8.69. The van der Waals surface area contributed by atoms with Crippen LogP contribution in [0.15, 0.2) is 59.1 Å². The first-order valence-corrected chi connectivity index (χ1v) is 16.5. The Morgan fingerprint density at radius 2 is 1.79 bits per heavy atom. The summed E-state index contributed by atoms with van der Waals surface area (Å²) >= 11 is 3.39. The second kappa shape index (κ2) is 13.2. The molecule has 1 aromatic heterocycles. The van der Waals surface area contributed by atoms with Gasteiger partial charge in [0.25, 0.3) is 0 Å². The number of nitrogens with zero attached hydrogens (tertiary/aromatic N) is 3. The number of halogens is 2. The molecule has 0 saturated carbocycles. The van der Waals surface area contributed by atoms with Gasteiger partial charge < -0.3 is 14.8 Å². The molecular formula is C31H36BrFN4O5S. The molecule has 0 spiro atoms. The van der Waals surface area contributed by atoms with E-state index in [4.69, 9.17) is 9.47 Å². The van der Waals surface area contributed by atoms with Crippen molar-refractivity contribution in [1.29, 1.82) is 0 Å². The predicted octanol–water partition coefficient (Wildman–Crippen LogP) is 6.52. The zero-order valence-corrected chi connectivity index (χ0v) is 27.4. The first kappa shape index (κ1) is 32.7. The summed E-state index contributed by atoms with van der Waals surface area (Å²) in [4.78, 5) is 22.1. The first-order valence-electron chi connectivity index (χ1n) is 13.8. The minimum absolute atomic E-state index is 0.0166. The Morgan fingerprint density at radius 3 is 2.40 bits per heavy atom. The van der Waals surface area contributed by atoms with Crippen molar-refractivity contribution in [1.82, 2.24) is 9.97 Å². The highest BCUT2D eigenvalue weighted by molar-refractivity contribution is 9.10. The Hall–Kier alpha value is -3.19. The van der Waals surface area contributed by atoms with Gasteiger partial charge >= 0.3 is 0 Å². The lowest BCUT2D eigenvalue weighted by atomic mass is 9.97. The fraction of sp³-hybridized carbons (Fsp3) is 0.387. The molecule has 0 bridgehead atoms. The zero-order valence-electron chi connectivity index (χ0n) is 25.0. The monoisotopic (exact) mass is 674 g/mol. The number of sulfonamides is 1. The molecule has 1 aliphatic heterocycles. The molecule has 3 aromatic rings. The van der Waals surface area contributed by atoms with Gasteiger partial charge in [-0.05, 0) is 68.3 Å². The van der Waals surface area contributed by atoms with Crippen LogP contribution in [-0.4, -0.2) is 55.6 Å². The van der Waals surface area contributed by atoms with Gasteiger partial charge in [-0.25, -0.2) is 27.1 Å². The topological polar surface area (TPSA) is 111 Å². The average molecular weight is 676 g/mol. The van der Waals surface area contributed by atoms with Crippen molar-refractivity contribution in [2.45, 2.75) is 64.4 Å². The number of aromatic nitrogens is 2. The van der Waals surface area contributed by atoms with E-state index in [-0.39, 0.29) is 24.2 Å². The van der Waals surface area contributed by atoms with Gasteiger partial charge in [-0.15, -0.1) is 0 Å². The van der Waals surface area contributed by atoms with Gasteiger partial charge in [0.1, 0.15) is 5.82 Å². The van der Waals surface area contributed by atoms with Crippen LogP contribution in [0.2, 0.25) is 0 Å². The van der Waals surface area contributed by atoms with Crippen molar-refractivity contribution in [3.63, 3.8) is 0 Å². The zero-order chi connectivity index (χ0) is 31.5. The molecule has 4 rings (SSSR count). The van der Waals surface area contributed by atoms with Gasteiger partial charge in [0.2, 0.25) is 21.9 Å². The summed E-state index contributed by atoms with van der Waals surface area (Å²) in [6.45, 7) is 7.50. The van der Waals surface area contributed by atoms with Crippen LogP contribution < -0.4 is 9.62 Å². The molecule has 230 valence electrons. The van der Waals surface area contributed by atoms with Gasteiger partial charge in [0.05, 0.1) is 36.3 Å². The second-order valence-electron chi connectivity index (χ2n) is 11.2. The third-order valence-corrected chi connectivity index (χ3v) is 8.49. The van der Waals surface area contributed by atoms with Gasteiger partial charge in [0, 0.05) is 34.8 Å². The smallest absolute Gasteiger partial charge is 0.239 e. The number of rotatable bonds is 9. The number of carbonyl (C=O) groups excluding carboxylic acids is 1. The van der Waals surface area contributed by atoms with E-state index in [1.807, 2.05) is 50.3 Å². The van der Waals surface area contributed by atoms with Crippen LogP contribution in [-0.2, 0) is 24.3 Å². The largest absolute Gasteiger partial charge is 0.347 e. The summed E-state index contributed by atoms with van der Waals surface area (Å²) in [5.41, 5.74) is 3.02. The number of anilines is 2. The Balaban J connectivity index is 1.66. The van der Waals surface area contributed by atoms with Crippen molar-refractivity contribution in [2.24, 2.45) is 0 Å². The summed E-state index contributed by atoms with van der Waals surface area (Å²) < 4.78 is 52.7. The van der Waals surface area contributed by atoms with Crippen LogP contribution in [0.4, 0.5) is 16.0 Å². The maximum atomic E-state index is 13.8. The van der Waals surface area contributed by atoms with Crippen molar-refractivity contribution in [3.8, 4) is 11.3 Å². The molecule has 9 nitrogen and oxygen atoms in total. The standard InChI is InChI=1S/C31H36BrFN4O5S/c1-19(2)28-26(29(20-7-11-22(33)12-8-20)36-30(35-28)37(5)43(6,39)40)16-15-24-17-25(42-31(3,4)41-24)18-27(38)34-23-13-9-21(32)10-14-23/h7-16,19,24-25H,17-18H2,1-6H3,(H,34,38)/b16-15+/t24-,25-/m1/s1. The Kier molecular flexibility index (Phi) is 10.1. The number of hydrogen-bond acceptors (Lipinski definition) is 7.